The van der Waals surface area contributed by atoms with Crippen molar-refractivity contribution >= 4 is 34.4 Å². The average Bonchev–Trinajstić information content (AvgIpc) is 3.43. The standard InChI is InChI=1S/C22H27N3O4S/c1-3-13-29-18-9-7-16(15-19(18)28-4-2)8-10-20(26)25-12-5-6-17(25)21(27)24-22-23-11-14-30-22/h7-11,14-15,17H,3-6,12-13H2,1-2H3,(H,23,24,27). The number of benzene rings is 1. The van der Waals surface area contributed by atoms with E-state index >= 15 is 0 Å². The van der Waals surface area contributed by atoms with Gasteiger partial charge in [0.15, 0.2) is 16.6 Å². The molecule has 7 nitrogen and oxygen atoms in total. The number of anilines is 1. The highest BCUT2D eigenvalue weighted by molar-refractivity contribution is 7.13. The smallest absolute Gasteiger partial charge is 0.248 e. The molecule has 0 bridgehead atoms. The van der Waals surface area contributed by atoms with E-state index in [1.165, 1.54) is 17.4 Å². The highest BCUT2D eigenvalue weighted by atomic mass is 32.1. The fourth-order valence-electron chi connectivity index (χ4n) is 3.27. The second-order valence-electron chi connectivity index (χ2n) is 6.84. The molecule has 3 rings (SSSR count). The zero-order valence-corrected chi connectivity index (χ0v) is 18.1. The van der Waals surface area contributed by atoms with Crippen LogP contribution in [0.4, 0.5) is 5.13 Å². The Hall–Kier alpha value is -2.87. The van der Waals surface area contributed by atoms with Crippen molar-refractivity contribution in [3.8, 4) is 11.5 Å². The predicted octanol–water partition coefficient (Wildman–Crippen LogP) is 3.97. The van der Waals surface area contributed by atoms with Crippen LogP contribution in [0.1, 0.15) is 38.7 Å². The van der Waals surface area contributed by atoms with Gasteiger partial charge in [0, 0.05) is 24.2 Å². The third-order valence-electron chi connectivity index (χ3n) is 4.65. The lowest BCUT2D eigenvalue weighted by Crippen LogP contribution is -2.42. The van der Waals surface area contributed by atoms with Crippen LogP contribution in [0.15, 0.2) is 35.9 Å². The van der Waals surface area contributed by atoms with Gasteiger partial charge in [0.2, 0.25) is 11.8 Å². The van der Waals surface area contributed by atoms with Gasteiger partial charge in [-0.25, -0.2) is 4.98 Å². The Labute approximate surface area is 180 Å². The minimum atomic E-state index is -0.477. The first-order valence-corrected chi connectivity index (χ1v) is 11.1. The first-order valence-electron chi connectivity index (χ1n) is 10.2. The lowest BCUT2D eigenvalue weighted by Gasteiger charge is -2.22. The average molecular weight is 430 g/mol. The molecule has 0 radical (unpaired) electrons. The van der Waals surface area contributed by atoms with E-state index in [4.69, 9.17) is 9.47 Å². The fourth-order valence-corrected chi connectivity index (χ4v) is 3.80. The summed E-state index contributed by atoms with van der Waals surface area (Å²) in [4.78, 5) is 31.0. The van der Waals surface area contributed by atoms with Gasteiger partial charge in [-0.3, -0.25) is 9.59 Å². The third kappa shape index (κ3) is 5.60. The van der Waals surface area contributed by atoms with Crippen molar-refractivity contribution < 1.29 is 19.1 Å². The Morgan fingerprint density at radius 2 is 2.17 bits per heavy atom. The summed E-state index contributed by atoms with van der Waals surface area (Å²) in [7, 11) is 0. The molecule has 8 heteroatoms. The zero-order valence-electron chi connectivity index (χ0n) is 17.3. The number of thiazole rings is 1. The Bertz CT molecular complexity index is 883. The van der Waals surface area contributed by atoms with E-state index in [1.807, 2.05) is 32.0 Å². The molecule has 160 valence electrons. The molecule has 1 aliphatic heterocycles. The van der Waals surface area contributed by atoms with Gasteiger partial charge in [-0.15, -0.1) is 11.3 Å². The van der Waals surface area contributed by atoms with E-state index in [0.717, 1.165) is 18.4 Å². The molecule has 0 saturated carbocycles. The van der Waals surface area contributed by atoms with Gasteiger partial charge in [0.25, 0.3) is 0 Å². The Morgan fingerprint density at radius 1 is 1.30 bits per heavy atom. The normalized spacial score (nSPS) is 16.1. The summed E-state index contributed by atoms with van der Waals surface area (Å²) < 4.78 is 11.4. The summed E-state index contributed by atoms with van der Waals surface area (Å²) in [6.45, 7) is 5.67. The molecule has 1 aliphatic rings. The first kappa shape index (κ1) is 21.8. The van der Waals surface area contributed by atoms with E-state index in [9.17, 15) is 9.59 Å². The van der Waals surface area contributed by atoms with Crippen LogP contribution in [0.2, 0.25) is 0 Å². The molecule has 1 N–H and O–H groups in total. The van der Waals surface area contributed by atoms with E-state index in [-0.39, 0.29) is 11.8 Å². The van der Waals surface area contributed by atoms with Crippen molar-refractivity contribution in [3.63, 3.8) is 0 Å². The SMILES string of the molecule is CCCOc1ccc(C=CC(=O)N2CCCC2C(=O)Nc2nccs2)cc1OCC. The topological polar surface area (TPSA) is 80.8 Å². The molecule has 2 amide bonds. The molecule has 2 heterocycles. The number of likely N-dealkylation sites (tertiary alicyclic amines) is 1. The Morgan fingerprint density at radius 3 is 2.90 bits per heavy atom. The second-order valence-corrected chi connectivity index (χ2v) is 7.73. The van der Waals surface area contributed by atoms with Gasteiger partial charge in [-0.2, -0.15) is 0 Å². The number of carbonyl (C=O) groups is 2. The van der Waals surface area contributed by atoms with Gasteiger partial charge >= 0.3 is 0 Å². The van der Waals surface area contributed by atoms with Gasteiger partial charge in [-0.05, 0) is 50.0 Å². The molecule has 1 saturated heterocycles. The maximum absolute atomic E-state index is 12.7. The van der Waals surface area contributed by atoms with Crippen LogP contribution in [0.25, 0.3) is 6.08 Å². The lowest BCUT2D eigenvalue weighted by atomic mass is 10.1. The molecule has 1 unspecified atom stereocenters. The van der Waals surface area contributed by atoms with E-state index in [2.05, 4.69) is 10.3 Å². The van der Waals surface area contributed by atoms with E-state index in [1.54, 1.807) is 22.6 Å². The maximum atomic E-state index is 12.7. The highest BCUT2D eigenvalue weighted by Gasteiger charge is 2.33. The molecule has 1 aromatic carbocycles. The summed E-state index contributed by atoms with van der Waals surface area (Å²) in [5.74, 6) is 0.972. The van der Waals surface area contributed by atoms with Crippen LogP contribution in [0.3, 0.4) is 0 Å². The van der Waals surface area contributed by atoms with Crippen molar-refractivity contribution in [1.29, 1.82) is 0 Å². The maximum Gasteiger partial charge on any atom is 0.248 e. The molecule has 1 aromatic heterocycles. The minimum absolute atomic E-state index is 0.184. The number of ether oxygens (including phenoxy) is 2. The van der Waals surface area contributed by atoms with Gasteiger partial charge in [0.1, 0.15) is 6.04 Å². The van der Waals surface area contributed by atoms with Crippen LogP contribution in [-0.4, -0.2) is 47.5 Å². The number of nitrogens with one attached hydrogen (secondary N) is 1. The summed E-state index contributed by atoms with van der Waals surface area (Å²) in [5, 5.41) is 5.13. The first-order chi connectivity index (χ1) is 14.6. The number of hydrogen-bond acceptors (Lipinski definition) is 6. The number of nitrogens with zero attached hydrogens (tertiary/aromatic N) is 2. The van der Waals surface area contributed by atoms with Crippen LogP contribution in [0, 0.1) is 0 Å². The summed E-state index contributed by atoms with van der Waals surface area (Å²) in [6, 6.07) is 5.11. The highest BCUT2D eigenvalue weighted by Crippen LogP contribution is 2.29. The van der Waals surface area contributed by atoms with Crippen molar-refractivity contribution in [3.05, 3.63) is 41.4 Å². The van der Waals surface area contributed by atoms with E-state index < -0.39 is 6.04 Å². The summed E-state index contributed by atoms with van der Waals surface area (Å²) >= 11 is 1.36. The summed E-state index contributed by atoms with van der Waals surface area (Å²) in [6.07, 6.45) is 7.24. The van der Waals surface area contributed by atoms with Crippen molar-refractivity contribution in [2.24, 2.45) is 0 Å². The number of aromatic nitrogens is 1. The molecule has 2 aromatic rings. The number of hydrogen-bond donors (Lipinski definition) is 1. The van der Waals surface area contributed by atoms with Gasteiger partial charge in [-0.1, -0.05) is 13.0 Å². The molecule has 0 spiro atoms. The third-order valence-corrected chi connectivity index (χ3v) is 5.34. The van der Waals surface area contributed by atoms with Crippen LogP contribution in [-0.2, 0) is 9.59 Å². The fraction of sp³-hybridized carbons (Fsp3) is 0.409. The molecular weight excluding hydrogens is 402 g/mol. The van der Waals surface area contributed by atoms with Crippen LogP contribution in [0.5, 0.6) is 11.5 Å². The number of carbonyl (C=O) groups excluding carboxylic acids is 2. The van der Waals surface area contributed by atoms with Crippen molar-refractivity contribution in [2.45, 2.75) is 39.2 Å². The Kier molecular flexibility index (Phi) is 7.84. The minimum Gasteiger partial charge on any atom is -0.490 e. The monoisotopic (exact) mass is 429 g/mol. The molecule has 1 atom stereocenters. The molecule has 1 fully saturated rings. The largest absolute Gasteiger partial charge is 0.490 e. The Balaban J connectivity index is 1.66. The quantitative estimate of drug-likeness (QED) is 0.610. The van der Waals surface area contributed by atoms with Crippen molar-refractivity contribution in [1.82, 2.24) is 9.88 Å². The van der Waals surface area contributed by atoms with Gasteiger partial charge in [0.05, 0.1) is 13.2 Å². The predicted molar refractivity (Wildman–Crippen MR) is 118 cm³/mol. The molecular formula is C22H27N3O4S. The number of rotatable bonds is 9. The van der Waals surface area contributed by atoms with E-state index in [0.29, 0.717) is 42.8 Å². The van der Waals surface area contributed by atoms with Gasteiger partial charge < -0.3 is 19.7 Å². The van der Waals surface area contributed by atoms with Crippen molar-refractivity contribution in [2.75, 3.05) is 25.1 Å². The molecule has 30 heavy (non-hydrogen) atoms. The zero-order chi connectivity index (χ0) is 21.3. The molecule has 0 aliphatic carbocycles. The van der Waals surface area contributed by atoms with Crippen LogP contribution >= 0.6 is 11.3 Å². The lowest BCUT2D eigenvalue weighted by molar-refractivity contribution is -0.132. The second kappa shape index (κ2) is 10.8. The number of amides is 2. The summed E-state index contributed by atoms with van der Waals surface area (Å²) in [5.41, 5.74) is 0.832. The van der Waals surface area contributed by atoms with Crippen LogP contribution < -0.4 is 14.8 Å².